The average molecular weight is 417 g/mol. The van der Waals surface area contributed by atoms with Gasteiger partial charge in [-0.05, 0) is 67.6 Å². The van der Waals surface area contributed by atoms with Crippen LogP contribution < -0.4 is 15.4 Å². The van der Waals surface area contributed by atoms with Crippen molar-refractivity contribution in [1.82, 2.24) is 15.0 Å². The van der Waals surface area contributed by atoms with E-state index in [-0.39, 0.29) is 17.3 Å². The van der Waals surface area contributed by atoms with Crippen molar-refractivity contribution in [3.05, 3.63) is 58.8 Å². The normalized spacial score (nSPS) is 23.2. The Balaban J connectivity index is 1.46. The summed E-state index contributed by atoms with van der Waals surface area (Å²) in [5.74, 6) is 1.18. The number of nitrogens with two attached hydrogens (primary N) is 1. The Kier molecular flexibility index (Phi) is 3.90. The van der Waals surface area contributed by atoms with Crippen LogP contribution in [0.5, 0.6) is 11.8 Å². The number of rotatable bonds is 3. The third-order valence-electron chi connectivity index (χ3n) is 7.03. The number of halogens is 1. The lowest BCUT2D eigenvalue weighted by atomic mass is 10.0. The molecule has 1 saturated carbocycles. The predicted molar refractivity (Wildman–Crippen MR) is 116 cm³/mol. The van der Waals surface area contributed by atoms with Gasteiger partial charge in [0.25, 0.3) is 0 Å². The molecule has 3 aliphatic rings. The Morgan fingerprint density at radius 3 is 2.77 bits per heavy atom. The summed E-state index contributed by atoms with van der Waals surface area (Å²) < 4.78 is 20.3. The van der Waals surface area contributed by atoms with Crippen molar-refractivity contribution in [2.24, 2.45) is 11.1 Å². The highest BCUT2D eigenvalue weighted by atomic mass is 19.1. The number of hydrogen-bond acceptors (Lipinski definition) is 6. The van der Waals surface area contributed by atoms with Gasteiger partial charge in [0.1, 0.15) is 17.4 Å². The molecule has 0 bridgehead atoms. The maximum Gasteiger partial charge on any atom is 0.324 e. The summed E-state index contributed by atoms with van der Waals surface area (Å²) in [7, 11) is 0. The SMILES string of the molecule is Cc1ccc(Oc2nc3c(c(N4CCC5(C[C@@H]5N)C4)n2)-c2cc(F)cc(C)c2C3)cn1. The minimum atomic E-state index is -0.233. The summed E-state index contributed by atoms with van der Waals surface area (Å²) in [6, 6.07) is 7.51. The minimum Gasteiger partial charge on any atom is -0.423 e. The molecule has 7 heteroatoms. The zero-order chi connectivity index (χ0) is 21.3. The Bertz CT molecular complexity index is 1210. The van der Waals surface area contributed by atoms with Crippen LogP contribution in [0.4, 0.5) is 10.2 Å². The van der Waals surface area contributed by atoms with Crippen LogP contribution >= 0.6 is 0 Å². The molecular weight excluding hydrogens is 393 g/mol. The van der Waals surface area contributed by atoms with Crippen LogP contribution in [0, 0.1) is 25.1 Å². The molecular formula is C24H24FN5O. The zero-order valence-corrected chi connectivity index (χ0v) is 17.7. The molecule has 2 aromatic heterocycles. The van der Waals surface area contributed by atoms with E-state index in [1.54, 1.807) is 18.3 Å². The van der Waals surface area contributed by atoms with E-state index in [1.807, 2.05) is 26.0 Å². The molecule has 158 valence electrons. The summed E-state index contributed by atoms with van der Waals surface area (Å²) in [6.45, 7) is 5.63. The molecule has 6 nitrogen and oxygen atoms in total. The summed E-state index contributed by atoms with van der Waals surface area (Å²) in [4.78, 5) is 16.1. The molecule has 1 spiro atoms. The molecule has 2 fully saturated rings. The quantitative estimate of drug-likeness (QED) is 0.545. The first-order valence-electron chi connectivity index (χ1n) is 10.7. The van der Waals surface area contributed by atoms with Gasteiger partial charge in [-0.15, -0.1) is 0 Å². The number of benzene rings is 1. The van der Waals surface area contributed by atoms with E-state index in [4.69, 9.17) is 20.4 Å². The maximum atomic E-state index is 14.3. The second-order valence-corrected chi connectivity index (χ2v) is 9.16. The van der Waals surface area contributed by atoms with Crippen LogP contribution in [0.25, 0.3) is 11.1 Å². The van der Waals surface area contributed by atoms with Crippen LogP contribution in [0.2, 0.25) is 0 Å². The molecule has 2 aliphatic carbocycles. The van der Waals surface area contributed by atoms with E-state index in [0.717, 1.165) is 65.4 Å². The lowest BCUT2D eigenvalue weighted by molar-refractivity contribution is 0.438. The van der Waals surface area contributed by atoms with Crippen molar-refractivity contribution >= 4 is 5.82 Å². The first-order chi connectivity index (χ1) is 14.9. The molecule has 1 unspecified atom stereocenters. The highest BCUT2D eigenvalue weighted by Crippen LogP contribution is 2.54. The molecule has 2 N–H and O–H groups in total. The first kappa shape index (κ1) is 18.7. The summed E-state index contributed by atoms with van der Waals surface area (Å²) >= 11 is 0. The fourth-order valence-corrected chi connectivity index (χ4v) is 5.09. The lowest BCUT2D eigenvalue weighted by Gasteiger charge is -2.21. The van der Waals surface area contributed by atoms with E-state index in [2.05, 4.69) is 9.88 Å². The van der Waals surface area contributed by atoms with Crippen LogP contribution in [0.1, 0.15) is 35.4 Å². The zero-order valence-electron chi connectivity index (χ0n) is 17.7. The smallest absolute Gasteiger partial charge is 0.324 e. The third kappa shape index (κ3) is 2.98. The number of fused-ring (bicyclic) bond motifs is 3. The van der Waals surface area contributed by atoms with Gasteiger partial charge < -0.3 is 15.4 Å². The van der Waals surface area contributed by atoms with E-state index >= 15 is 0 Å². The van der Waals surface area contributed by atoms with Gasteiger partial charge in [-0.3, -0.25) is 4.98 Å². The fraction of sp³-hybridized carbons (Fsp3) is 0.375. The van der Waals surface area contributed by atoms with Gasteiger partial charge in [-0.25, -0.2) is 4.39 Å². The number of ether oxygens (including phenoxy) is 1. The number of nitrogens with zero attached hydrogens (tertiary/aromatic N) is 4. The summed E-state index contributed by atoms with van der Waals surface area (Å²) in [5.41, 5.74) is 12.1. The standard InChI is InChI=1S/C24H24FN5O/c1-13-7-15(25)8-18-17(13)9-19-21(18)22(30-6-5-24(12-30)10-20(24)26)29-23(28-19)31-16-4-3-14(2)27-11-16/h3-4,7-8,11,20H,5-6,9-10,12,26H2,1-2H3/t20-,24?/m0/s1. The van der Waals surface area contributed by atoms with E-state index < -0.39 is 0 Å². The van der Waals surface area contributed by atoms with Crippen molar-refractivity contribution in [2.45, 2.75) is 39.2 Å². The Hall–Kier alpha value is -3.06. The number of pyridine rings is 1. The van der Waals surface area contributed by atoms with Crippen LogP contribution in [-0.2, 0) is 6.42 Å². The van der Waals surface area contributed by atoms with Gasteiger partial charge >= 0.3 is 6.01 Å². The molecule has 2 atom stereocenters. The topological polar surface area (TPSA) is 77.2 Å². The molecule has 1 aromatic carbocycles. The second kappa shape index (κ2) is 6.47. The molecule has 3 heterocycles. The van der Waals surface area contributed by atoms with Gasteiger partial charge in [0.15, 0.2) is 0 Å². The lowest BCUT2D eigenvalue weighted by Crippen LogP contribution is -2.24. The average Bonchev–Trinajstić information content (AvgIpc) is 3.04. The van der Waals surface area contributed by atoms with Crippen molar-refractivity contribution in [3.63, 3.8) is 0 Å². The van der Waals surface area contributed by atoms with Crippen molar-refractivity contribution in [1.29, 1.82) is 0 Å². The number of anilines is 1. The number of aryl methyl sites for hydroxylation is 2. The van der Waals surface area contributed by atoms with Crippen molar-refractivity contribution < 1.29 is 9.13 Å². The summed E-state index contributed by atoms with van der Waals surface area (Å²) in [5, 5.41) is 0. The molecule has 6 rings (SSSR count). The molecule has 0 radical (unpaired) electrons. The molecule has 31 heavy (non-hydrogen) atoms. The highest BCUT2D eigenvalue weighted by molar-refractivity contribution is 5.85. The minimum absolute atomic E-state index is 0.193. The van der Waals surface area contributed by atoms with Gasteiger partial charge in [-0.2, -0.15) is 9.97 Å². The van der Waals surface area contributed by atoms with Crippen LogP contribution in [0.15, 0.2) is 30.5 Å². The van der Waals surface area contributed by atoms with Gasteiger partial charge in [0, 0.05) is 42.2 Å². The van der Waals surface area contributed by atoms with Crippen molar-refractivity contribution in [2.75, 3.05) is 18.0 Å². The van der Waals surface area contributed by atoms with Gasteiger partial charge in [0.05, 0.1) is 11.9 Å². The second-order valence-electron chi connectivity index (χ2n) is 9.16. The largest absolute Gasteiger partial charge is 0.423 e. The molecule has 1 saturated heterocycles. The van der Waals surface area contributed by atoms with Crippen LogP contribution in [-0.4, -0.2) is 34.1 Å². The maximum absolute atomic E-state index is 14.3. The number of hydrogen-bond donors (Lipinski definition) is 1. The molecule has 3 aromatic rings. The molecule has 1 aliphatic heterocycles. The Labute approximate surface area is 180 Å². The molecule has 0 amide bonds. The van der Waals surface area contributed by atoms with E-state index in [1.165, 1.54) is 0 Å². The Morgan fingerprint density at radius 2 is 2.06 bits per heavy atom. The first-order valence-corrected chi connectivity index (χ1v) is 10.7. The summed E-state index contributed by atoms with van der Waals surface area (Å²) in [6.07, 6.45) is 4.43. The van der Waals surface area contributed by atoms with E-state index in [0.29, 0.717) is 18.2 Å². The van der Waals surface area contributed by atoms with Gasteiger partial charge in [-0.1, -0.05) is 0 Å². The van der Waals surface area contributed by atoms with E-state index in [9.17, 15) is 4.39 Å². The Morgan fingerprint density at radius 1 is 1.23 bits per heavy atom. The van der Waals surface area contributed by atoms with Crippen molar-refractivity contribution in [3.8, 4) is 22.9 Å². The predicted octanol–water partition coefficient (Wildman–Crippen LogP) is 3.92. The fourth-order valence-electron chi connectivity index (χ4n) is 5.09. The van der Waals surface area contributed by atoms with Gasteiger partial charge in [0.2, 0.25) is 0 Å². The number of aromatic nitrogens is 3. The monoisotopic (exact) mass is 417 g/mol. The third-order valence-corrected chi connectivity index (χ3v) is 7.03. The highest BCUT2D eigenvalue weighted by Gasteiger charge is 2.56. The van der Waals surface area contributed by atoms with Crippen LogP contribution in [0.3, 0.4) is 0 Å².